The summed E-state index contributed by atoms with van der Waals surface area (Å²) < 4.78 is 44.5. The Morgan fingerprint density at radius 1 is 1.05 bits per heavy atom. The van der Waals surface area contributed by atoms with Crippen molar-refractivity contribution >= 4 is 34.9 Å². The number of carbonyl (C=O) groups is 2. The predicted molar refractivity (Wildman–Crippen MR) is 150 cm³/mol. The summed E-state index contributed by atoms with van der Waals surface area (Å²) in [5.41, 5.74) is 0.385. The van der Waals surface area contributed by atoms with Gasteiger partial charge in [-0.1, -0.05) is 12.1 Å². The molecule has 3 amide bonds. The van der Waals surface area contributed by atoms with Crippen LogP contribution in [-0.2, 0) is 10.9 Å². The number of nitrogens with one attached hydrogen (secondary N) is 3. The summed E-state index contributed by atoms with van der Waals surface area (Å²) >= 11 is 0. The fraction of sp³-hybridized carbons (Fsp3) is 0.357. The van der Waals surface area contributed by atoms with E-state index in [4.69, 9.17) is 4.74 Å². The Bertz CT molecular complexity index is 1360. The number of morpholine rings is 1. The molecule has 1 aromatic heterocycles. The molecule has 0 radical (unpaired) electrons. The van der Waals surface area contributed by atoms with Gasteiger partial charge in [0, 0.05) is 49.7 Å². The predicted octanol–water partition coefficient (Wildman–Crippen LogP) is 4.86. The van der Waals surface area contributed by atoms with Gasteiger partial charge in [-0.2, -0.15) is 13.2 Å². The minimum Gasteiger partial charge on any atom is -0.379 e. The second-order valence-electron chi connectivity index (χ2n) is 9.55. The summed E-state index contributed by atoms with van der Waals surface area (Å²) in [6.07, 6.45) is -2.26. The molecule has 0 saturated carbocycles. The van der Waals surface area contributed by atoms with Crippen molar-refractivity contribution < 1.29 is 27.5 Å². The molecule has 1 fully saturated rings. The highest BCUT2D eigenvalue weighted by molar-refractivity contribution is 6.05. The molecule has 4 rings (SSSR count). The number of hydrogen-bond donors (Lipinski definition) is 3. The number of halogens is 3. The van der Waals surface area contributed by atoms with E-state index in [-0.39, 0.29) is 5.56 Å². The average molecular weight is 572 g/mol. The largest absolute Gasteiger partial charge is 0.416 e. The zero-order chi connectivity index (χ0) is 29.4. The fourth-order valence-electron chi connectivity index (χ4n) is 4.15. The first-order valence-electron chi connectivity index (χ1n) is 13.1. The summed E-state index contributed by atoms with van der Waals surface area (Å²) in [6.45, 7) is 6.82. The molecular formula is C28H32F3N7O3. The molecule has 0 aliphatic carbocycles. The lowest BCUT2D eigenvalue weighted by Crippen LogP contribution is -2.37. The van der Waals surface area contributed by atoms with Crippen LogP contribution in [0.1, 0.15) is 27.9 Å². The molecule has 1 saturated heterocycles. The lowest BCUT2D eigenvalue weighted by Gasteiger charge is -2.26. The number of rotatable bonds is 9. The first-order valence-corrected chi connectivity index (χ1v) is 13.1. The number of alkyl halides is 3. The zero-order valence-electron chi connectivity index (χ0n) is 22.8. The van der Waals surface area contributed by atoms with Crippen molar-refractivity contribution in [1.82, 2.24) is 14.9 Å². The van der Waals surface area contributed by atoms with E-state index in [0.717, 1.165) is 51.4 Å². The van der Waals surface area contributed by atoms with Gasteiger partial charge in [0.25, 0.3) is 5.91 Å². The van der Waals surface area contributed by atoms with Gasteiger partial charge in [0.15, 0.2) is 0 Å². The molecule has 0 unspecified atom stereocenters. The molecule has 3 N–H and O–H groups in total. The van der Waals surface area contributed by atoms with Crippen LogP contribution >= 0.6 is 0 Å². The van der Waals surface area contributed by atoms with Crippen LogP contribution in [-0.4, -0.2) is 73.2 Å². The van der Waals surface area contributed by atoms with Crippen LogP contribution in [0, 0.1) is 6.92 Å². The van der Waals surface area contributed by atoms with Gasteiger partial charge < -0.3 is 20.7 Å². The van der Waals surface area contributed by atoms with E-state index in [2.05, 4.69) is 30.8 Å². The summed E-state index contributed by atoms with van der Waals surface area (Å²) in [4.78, 5) is 37.7. The molecule has 218 valence electrons. The van der Waals surface area contributed by atoms with E-state index in [1.54, 1.807) is 32.2 Å². The van der Waals surface area contributed by atoms with Gasteiger partial charge in [0.2, 0.25) is 0 Å². The number of aromatic nitrogens is 2. The maximum Gasteiger partial charge on any atom is 0.416 e. The lowest BCUT2D eigenvalue weighted by molar-refractivity contribution is -0.137. The normalized spacial score (nSPS) is 13.9. The van der Waals surface area contributed by atoms with Gasteiger partial charge >= 0.3 is 12.2 Å². The van der Waals surface area contributed by atoms with E-state index in [1.807, 2.05) is 0 Å². The first kappa shape index (κ1) is 29.7. The standard InChI is InChI=1S/C28H32F3N7O3/c1-19-7-8-22(35-26(39)20-5-3-6-21(15-20)28(29,30)31)16-23(19)36-27(40)37(2)25-17-24(33-18-34-25)32-9-4-10-38-11-13-41-14-12-38/h3,5-8,15-18H,4,9-14H2,1-2H3,(H,35,39)(H,36,40)(H,32,33,34). The van der Waals surface area contributed by atoms with Crippen molar-refractivity contribution in [3.63, 3.8) is 0 Å². The van der Waals surface area contributed by atoms with Crippen LogP contribution in [0.2, 0.25) is 0 Å². The van der Waals surface area contributed by atoms with Crippen LogP contribution in [0.5, 0.6) is 0 Å². The maximum atomic E-state index is 13.0. The van der Waals surface area contributed by atoms with Crippen LogP contribution in [0.4, 0.5) is 41.0 Å². The quantitative estimate of drug-likeness (QED) is 0.315. The smallest absolute Gasteiger partial charge is 0.379 e. The number of benzene rings is 2. The monoisotopic (exact) mass is 571 g/mol. The molecule has 1 aliphatic rings. The van der Waals surface area contributed by atoms with Crippen LogP contribution < -0.4 is 20.9 Å². The molecule has 0 spiro atoms. The lowest BCUT2D eigenvalue weighted by atomic mass is 10.1. The maximum absolute atomic E-state index is 13.0. The minimum atomic E-state index is -4.56. The van der Waals surface area contributed by atoms with E-state index < -0.39 is 23.7 Å². The van der Waals surface area contributed by atoms with Crippen molar-refractivity contribution in [2.24, 2.45) is 0 Å². The first-order chi connectivity index (χ1) is 19.6. The third kappa shape index (κ3) is 8.38. The number of hydrogen-bond acceptors (Lipinski definition) is 7. The average Bonchev–Trinajstić information content (AvgIpc) is 2.97. The molecule has 2 heterocycles. The summed E-state index contributed by atoms with van der Waals surface area (Å²) in [5, 5.41) is 8.63. The number of nitrogens with zero attached hydrogens (tertiary/aromatic N) is 4. The second-order valence-corrected chi connectivity index (χ2v) is 9.55. The van der Waals surface area contributed by atoms with E-state index in [9.17, 15) is 22.8 Å². The van der Waals surface area contributed by atoms with Gasteiger partial charge in [-0.25, -0.2) is 14.8 Å². The van der Waals surface area contributed by atoms with Crippen molar-refractivity contribution in [3.8, 4) is 0 Å². The van der Waals surface area contributed by atoms with E-state index in [1.165, 1.54) is 29.4 Å². The van der Waals surface area contributed by atoms with Crippen LogP contribution in [0.3, 0.4) is 0 Å². The SMILES string of the molecule is Cc1ccc(NC(=O)c2cccc(C(F)(F)F)c2)cc1NC(=O)N(C)c1cc(NCCCN2CCOCC2)ncn1. The van der Waals surface area contributed by atoms with Gasteiger partial charge in [0.05, 0.1) is 18.8 Å². The van der Waals surface area contributed by atoms with Crippen molar-refractivity contribution in [2.45, 2.75) is 19.5 Å². The second kappa shape index (κ2) is 13.4. The van der Waals surface area contributed by atoms with Crippen LogP contribution in [0.25, 0.3) is 0 Å². The Balaban J connectivity index is 1.34. The summed E-state index contributed by atoms with van der Waals surface area (Å²) in [7, 11) is 1.56. The fourth-order valence-corrected chi connectivity index (χ4v) is 4.15. The summed E-state index contributed by atoms with van der Waals surface area (Å²) in [6, 6.07) is 10.2. The topological polar surface area (TPSA) is 112 Å². The van der Waals surface area contributed by atoms with Crippen LogP contribution in [0.15, 0.2) is 54.9 Å². The highest BCUT2D eigenvalue weighted by Crippen LogP contribution is 2.30. The molecule has 10 nitrogen and oxygen atoms in total. The minimum absolute atomic E-state index is 0.139. The van der Waals surface area contributed by atoms with E-state index >= 15 is 0 Å². The van der Waals surface area contributed by atoms with Gasteiger partial charge in [-0.05, 0) is 55.8 Å². The molecule has 0 atom stereocenters. The molecule has 3 aromatic rings. The third-order valence-electron chi connectivity index (χ3n) is 6.55. The molecule has 13 heteroatoms. The molecule has 41 heavy (non-hydrogen) atoms. The summed E-state index contributed by atoms with van der Waals surface area (Å²) in [5.74, 6) is 0.257. The molecule has 1 aliphatic heterocycles. The Kier molecular flexibility index (Phi) is 9.73. The number of amides is 3. The Morgan fingerprint density at radius 3 is 2.59 bits per heavy atom. The highest BCUT2D eigenvalue weighted by Gasteiger charge is 2.31. The zero-order valence-corrected chi connectivity index (χ0v) is 22.8. The molecule has 0 bridgehead atoms. The number of anilines is 4. The Labute approximate surface area is 235 Å². The molecular weight excluding hydrogens is 539 g/mol. The number of ether oxygens (including phenoxy) is 1. The number of urea groups is 1. The Morgan fingerprint density at radius 2 is 1.83 bits per heavy atom. The Hall–Kier alpha value is -4.23. The number of carbonyl (C=O) groups excluding carboxylic acids is 2. The van der Waals surface area contributed by atoms with Crippen molar-refractivity contribution in [1.29, 1.82) is 0 Å². The molecule has 2 aromatic carbocycles. The number of aryl methyl sites for hydroxylation is 1. The third-order valence-corrected chi connectivity index (χ3v) is 6.55. The van der Waals surface area contributed by atoms with Gasteiger partial charge in [-0.15, -0.1) is 0 Å². The van der Waals surface area contributed by atoms with Gasteiger partial charge in [0.1, 0.15) is 18.0 Å². The highest BCUT2D eigenvalue weighted by atomic mass is 19.4. The van der Waals surface area contributed by atoms with Crippen molar-refractivity contribution in [2.75, 3.05) is 67.3 Å². The van der Waals surface area contributed by atoms with Crippen molar-refractivity contribution in [3.05, 3.63) is 71.5 Å². The van der Waals surface area contributed by atoms with Gasteiger partial charge in [-0.3, -0.25) is 14.6 Å². The van der Waals surface area contributed by atoms with E-state index in [0.29, 0.717) is 35.1 Å².